The first kappa shape index (κ1) is 27.7. The average molecular weight is 468 g/mol. The van der Waals surface area contributed by atoms with Crippen LogP contribution in [0.1, 0.15) is 58.4 Å². The second-order valence-corrected chi connectivity index (χ2v) is 8.13. The van der Waals surface area contributed by atoms with Gasteiger partial charge in [-0.15, -0.1) is 0 Å². The van der Waals surface area contributed by atoms with E-state index >= 15 is 0 Å². The van der Waals surface area contributed by atoms with E-state index in [0.717, 1.165) is 12.1 Å². The van der Waals surface area contributed by atoms with Crippen LogP contribution in [0.5, 0.6) is 5.75 Å². The fourth-order valence-electron chi connectivity index (χ4n) is 2.51. The number of primary amides is 1. The highest BCUT2D eigenvalue weighted by Gasteiger charge is 2.21. The van der Waals surface area contributed by atoms with Crippen LogP contribution in [0, 0.1) is 23.5 Å². The molecule has 0 aromatic heterocycles. The first-order chi connectivity index (χ1) is 15.4. The Hall–Kier alpha value is -3.35. The van der Waals surface area contributed by atoms with Gasteiger partial charge in [0, 0.05) is 19.3 Å². The fourth-order valence-corrected chi connectivity index (χ4v) is 2.51. The number of amides is 2. The number of rotatable bonds is 10. The predicted octanol–water partition coefficient (Wildman–Crippen LogP) is 3.20. The van der Waals surface area contributed by atoms with Crippen molar-refractivity contribution in [2.75, 3.05) is 13.7 Å². The molecule has 0 aliphatic heterocycles. The number of alkyl carbamates (subject to hydrolysis) is 1. The van der Waals surface area contributed by atoms with E-state index in [9.17, 15) is 23.2 Å². The second kappa shape index (κ2) is 13.3. The summed E-state index contributed by atoms with van der Waals surface area (Å²) in [7, 11) is 1.27. The molecule has 0 unspecified atom stereocenters. The van der Waals surface area contributed by atoms with E-state index in [1.165, 1.54) is 7.11 Å². The Bertz CT molecular complexity index is 903. The van der Waals surface area contributed by atoms with Crippen LogP contribution in [0.3, 0.4) is 0 Å². The normalized spacial score (nSPS) is 11.6. The third kappa shape index (κ3) is 11.2. The smallest absolute Gasteiger partial charge is 0.407 e. The summed E-state index contributed by atoms with van der Waals surface area (Å²) in [5.74, 6) is 1.93. The topological polar surface area (TPSA) is 117 Å². The van der Waals surface area contributed by atoms with E-state index in [1.807, 2.05) is 0 Å². The lowest BCUT2D eigenvalue weighted by atomic mass is 10.1. The molecular formula is C23H30F2N2O6. The highest BCUT2D eigenvalue weighted by Crippen LogP contribution is 2.23. The van der Waals surface area contributed by atoms with Gasteiger partial charge in [0.2, 0.25) is 5.91 Å². The number of carbonyl (C=O) groups excluding carboxylic acids is 3. The molecule has 0 aliphatic rings. The van der Waals surface area contributed by atoms with Gasteiger partial charge in [0.05, 0.1) is 18.7 Å². The van der Waals surface area contributed by atoms with Crippen molar-refractivity contribution in [1.82, 2.24) is 5.32 Å². The van der Waals surface area contributed by atoms with Gasteiger partial charge in [-0.2, -0.15) is 0 Å². The average Bonchev–Trinajstić information content (AvgIpc) is 2.71. The molecule has 1 rings (SSSR count). The summed E-state index contributed by atoms with van der Waals surface area (Å²) in [4.78, 5) is 34.2. The maximum atomic E-state index is 14.7. The lowest BCUT2D eigenvalue weighted by Gasteiger charge is -2.23. The summed E-state index contributed by atoms with van der Waals surface area (Å²) in [6.45, 7) is 4.84. The molecule has 33 heavy (non-hydrogen) atoms. The van der Waals surface area contributed by atoms with Gasteiger partial charge < -0.3 is 25.3 Å². The Balaban J connectivity index is 2.86. The SMILES string of the molecule is COC(=O)CCCC#Cc1c(F)ccc(OC[C@H](CCC(N)=O)NC(=O)OC(C)(C)C)c1F. The number of halogens is 2. The summed E-state index contributed by atoms with van der Waals surface area (Å²) in [5.41, 5.74) is 3.95. The van der Waals surface area contributed by atoms with Gasteiger partial charge in [0.25, 0.3) is 0 Å². The van der Waals surface area contributed by atoms with E-state index < -0.39 is 46.8 Å². The lowest BCUT2D eigenvalue weighted by molar-refractivity contribution is -0.140. The molecule has 1 aromatic carbocycles. The molecule has 0 aliphatic carbocycles. The van der Waals surface area contributed by atoms with Gasteiger partial charge in [-0.1, -0.05) is 11.8 Å². The van der Waals surface area contributed by atoms with Gasteiger partial charge in [-0.25, -0.2) is 13.6 Å². The summed E-state index contributed by atoms with van der Waals surface area (Å²) in [6.07, 6.45) is 0.128. The molecule has 0 bridgehead atoms. The zero-order valence-corrected chi connectivity index (χ0v) is 19.3. The first-order valence-corrected chi connectivity index (χ1v) is 10.4. The predicted molar refractivity (Wildman–Crippen MR) is 116 cm³/mol. The van der Waals surface area contributed by atoms with Gasteiger partial charge in [0.1, 0.15) is 18.0 Å². The van der Waals surface area contributed by atoms with Crippen LogP contribution in [-0.2, 0) is 19.1 Å². The molecule has 2 amide bonds. The number of methoxy groups -OCH3 is 1. The minimum absolute atomic E-state index is 0.0436. The third-order valence-electron chi connectivity index (χ3n) is 4.08. The van der Waals surface area contributed by atoms with Gasteiger partial charge in [0.15, 0.2) is 11.6 Å². The van der Waals surface area contributed by atoms with Crippen LogP contribution in [-0.4, -0.2) is 43.3 Å². The molecule has 0 fully saturated rings. The van der Waals surface area contributed by atoms with Crippen LogP contribution in [0.15, 0.2) is 12.1 Å². The number of hydrogen-bond donors (Lipinski definition) is 2. The molecule has 182 valence electrons. The zero-order valence-electron chi connectivity index (χ0n) is 19.3. The molecule has 0 spiro atoms. The molecular weight excluding hydrogens is 438 g/mol. The Morgan fingerprint density at radius 2 is 1.88 bits per heavy atom. The third-order valence-corrected chi connectivity index (χ3v) is 4.08. The van der Waals surface area contributed by atoms with Crippen molar-refractivity contribution in [3.63, 3.8) is 0 Å². The van der Waals surface area contributed by atoms with E-state index in [-0.39, 0.29) is 38.0 Å². The van der Waals surface area contributed by atoms with E-state index in [2.05, 4.69) is 21.9 Å². The van der Waals surface area contributed by atoms with Crippen LogP contribution in [0.4, 0.5) is 13.6 Å². The Kier molecular flexibility index (Phi) is 11.1. The lowest BCUT2D eigenvalue weighted by Crippen LogP contribution is -2.42. The van der Waals surface area contributed by atoms with Crippen LogP contribution in [0.25, 0.3) is 0 Å². The monoisotopic (exact) mass is 468 g/mol. The van der Waals surface area contributed by atoms with Crippen molar-refractivity contribution in [3.8, 4) is 17.6 Å². The van der Waals surface area contributed by atoms with Gasteiger partial charge in [-0.05, 0) is 45.7 Å². The van der Waals surface area contributed by atoms with Crippen LogP contribution in [0.2, 0.25) is 0 Å². The maximum absolute atomic E-state index is 14.7. The number of carbonyl (C=O) groups is 3. The summed E-state index contributed by atoms with van der Waals surface area (Å²) < 4.78 is 43.9. The van der Waals surface area contributed by atoms with Crippen molar-refractivity contribution < 1.29 is 37.4 Å². The molecule has 1 aromatic rings. The van der Waals surface area contributed by atoms with Gasteiger partial charge in [-0.3, -0.25) is 9.59 Å². The van der Waals surface area contributed by atoms with Crippen LogP contribution < -0.4 is 15.8 Å². The standard InChI is InChI=1S/C23H30F2N2O6/c1-23(2,3)33-22(30)27-15(10-13-19(26)28)14-32-18-12-11-17(24)16(21(18)25)8-6-5-7-9-20(29)31-4/h11-12,15H,5,7,9-10,13-14H2,1-4H3,(H2,26,28)(H,27,30)/t15-/m0/s1. The largest absolute Gasteiger partial charge is 0.488 e. The molecule has 10 heteroatoms. The molecule has 3 N–H and O–H groups in total. The first-order valence-electron chi connectivity index (χ1n) is 10.4. The van der Waals surface area contributed by atoms with Gasteiger partial charge >= 0.3 is 12.1 Å². The number of esters is 1. The van der Waals surface area contributed by atoms with E-state index in [0.29, 0.717) is 6.42 Å². The van der Waals surface area contributed by atoms with Crippen molar-refractivity contribution in [2.24, 2.45) is 5.73 Å². The summed E-state index contributed by atoms with van der Waals surface area (Å²) in [5, 5.41) is 2.55. The van der Waals surface area contributed by atoms with Crippen molar-refractivity contribution in [3.05, 3.63) is 29.3 Å². The number of hydrogen-bond acceptors (Lipinski definition) is 6. The Labute approximate surface area is 192 Å². The minimum Gasteiger partial charge on any atom is -0.488 e. The Morgan fingerprint density at radius 3 is 2.48 bits per heavy atom. The Morgan fingerprint density at radius 1 is 1.18 bits per heavy atom. The maximum Gasteiger partial charge on any atom is 0.407 e. The summed E-state index contributed by atoms with van der Waals surface area (Å²) >= 11 is 0. The van der Waals surface area contributed by atoms with Crippen LogP contribution >= 0.6 is 0 Å². The number of nitrogens with one attached hydrogen (secondary N) is 1. The fraction of sp³-hybridized carbons (Fsp3) is 0.522. The summed E-state index contributed by atoms with van der Waals surface area (Å²) in [6, 6.07) is 1.40. The molecule has 0 heterocycles. The molecule has 0 radical (unpaired) electrons. The zero-order chi connectivity index (χ0) is 25.0. The molecule has 8 nitrogen and oxygen atoms in total. The minimum atomic E-state index is -0.999. The van der Waals surface area contributed by atoms with Crippen molar-refractivity contribution >= 4 is 18.0 Å². The second-order valence-electron chi connectivity index (χ2n) is 8.13. The number of unbranched alkanes of at least 4 members (excludes halogenated alkanes) is 1. The molecule has 0 saturated carbocycles. The molecule has 1 atom stereocenters. The quantitative estimate of drug-likeness (QED) is 0.309. The number of ether oxygens (including phenoxy) is 3. The molecule has 0 saturated heterocycles. The van der Waals surface area contributed by atoms with E-state index in [4.69, 9.17) is 15.2 Å². The van der Waals surface area contributed by atoms with Crippen molar-refractivity contribution in [2.45, 2.75) is 64.5 Å². The number of nitrogens with two attached hydrogens (primary N) is 1. The van der Waals surface area contributed by atoms with Crippen molar-refractivity contribution in [1.29, 1.82) is 0 Å². The van der Waals surface area contributed by atoms with E-state index in [1.54, 1.807) is 20.8 Å². The highest BCUT2D eigenvalue weighted by atomic mass is 19.1. The number of benzene rings is 1. The highest BCUT2D eigenvalue weighted by molar-refractivity contribution is 5.74.